The maximum Gasteiger partial charge on any atom is 0.0602 e. The Morgan fingerprint density at radius 1 is 1.70 bits per heavy atom. The summed E-state index contributed by atoms with van der Waals surface area (Å²) in [4.78, 5) is 2.04. The number of terminal acetylenes is 1. The third-order valence-corrected chi connectivity index (χ3v) is 1.22. The Bertz CT molecular complexity index is 144. The molecular weight excluding hydrogens is 124 g/mol. The van der Waals surface area contributed by atoms with Gasteiger partial charge in [-0.05, 0) is 13.5 Å². The summed E-state index contributed by atoms with van der Waals surface area (Å²) in [5.41, 5.74) is 0.664. The van der Waals surface area contributed by atoms with Gasteiger partial charge in [-0.3, -0.25) is 4.90 Å². The maximum atomic E-state index is 7.20. The monoisotopic (exact) mass is 138 g/mol. The van der Waals surface area contributed by atoms with Crippen LogP contribution in [0.3, 0.4) is 0 Å². The van der Waals surface area contributed by atoms with Crippen molar-refractivity contribution in [1.29, 1.82) is 5.41 Å². The number of nitrogens with zero attached hydrogens (tertiary/aromatic N) is 1. The highest BCUT2D eigenvalue weighted by Gasteiger charge is 1.98. The molecule has 1 N–H and O–H groups in total. The highest BCUT2D eigenvalue weighted by molar-refractivity contribution is 5.80. The lowest BCUT2D eigenvalue weighted by Crippen LogP contribution is -2.28. The van der Waals surface area contributed by atoms with E-state index >= 15 is 0 Å². The smallest absolute Gasteiger partial charge is 0.0602 e. The van der Waals surface area contributed by atoms with Crippen LogP contribution in [0.2, 0.25) is 0 Å². The van der Waals surface area contributed by atoms with E-state index in [0.29, 0.717) is 18.8 Å². The molecule has 0 unspecified atom stereocenters. The van der Waals surface area contributed by atoms with Gasteiger partial charge in [0.2, 0.25) is 0 Å². The Kier molecular flexibility index (Phi) is 4.61. The van der Waals surface area contributed by atoms with E-state index in [1.54, 1.807) is 6.92 Å². The van der Waals surface area contributed by atoms with Crippen molar-refractivity contribution in [3.63, 3.8) is 0 Å². The predicted octanol–water partition coefficient (Wildman–Crippen LogP) is 0.981. The first kappa shape index (κ1) is 9.19. The molecule has 0 saturated heterocycles. The summed E-state index contributed by atoms with van der Waals surface area (Å²) in [5.74, 6) is 2.55. The fourth-order valence-electron chi connectivity index (χ4n) is 0.744. The second-order valence-electron chi connectivity index (χ2n) is 2.29. The highest BCUT2D eigenvalue weighted by atomic mass is 15.1. The summed E-state index contributed by atoms with van der Waals surface area (Å²) in [6, 6.07) is 0. The summed E-state index contributed by atoms with van der Waals surface area (Å²) in [7, 11) is 0. The molecule has 0 heterocycles. The molecule has 0 aromatic carbocycles. The van der Waals surface area contributed by atoms with Crippen LogP contribution >= 0.6 is 0 Å². The Morgan fingerprint density at radius 3 is 2.60 bits per heavy atom. The van der Waals surface area contributed by atoms with Gasteiger partial charge >= 0.3 is 0 Å². The van der Waals surface area contributed by atoms with Crippen molar-refractivity contribution in [3.05, 3.63) is 0 Å². The third kappa shape index (κ3) is 4.11. The van der Waals surface area contributed by atoms with Gasteiger partial charge in [0.1, 0.15) is 0 Å². The van der Waals surface area contributed by atoms with Crippen LogP contribution in [-0.2, 0) is 0 Å². The van der Waals surface area contributed by atoms with Crippen molar-refractivity contribution < 1.29 is 0 Å². The Morgan fingerprint density at radius 2 is 2.30 bits per heavy atom. The number of hydrogen-bond acceptors (Lipinski definition) is 2. The lowest BCUT2D eigenvalue weighted by molar-refractivity contribution is 0.369. The van der Waals surface area contributed by atoms with E-state index in [1.165, 1.54) is 0 Å². The first-order chi connectivity index (χ1) is 4.70. The van der Waals surface area contributed by atoms with E-state index in [1.807, 2.05) is 11.8 Å². The van der Waals surface area contributed by atoms with Crippen molar-refractivity contribution in [3.8, 4) is 12.3 Å². The Balaban J connectivity index is 3.62. The summed E-state index contributed by atoms with van der Waals surface area (Å²) < 4.78 is 0. The van der Waals surface area contributed by atoms with Crippen LogP contribution in [-0.4, -0.2) is 30.2 Å². The molecule has 0 amide bonds. The Labute approximate surface area is 62.7 Å². The van der Waals surface area contributed by atoms with Crippen molar-refractivity contribution in [2.24, 2.45) is 0 Å². The maximum absolute atomic E-state index is 7.20. The normalized spacial score (nSPS) is 9.40. The summed E-state index contributed by atoms with van der Waals surface area (Å²) in [6.07, 6.45) is 5.12. The van der Waals surface area contributed by atoms with E-state index in [9.17, 15) is 0 Å². The molecule has 0 aliphatic heterocycles. The molecule has 0 saturated carbocycles. The highest BCUT2D eigenvalue weighted by Crippen LogP contribution is 1.85. The zero-order valence-corrected chi connectivity index (χ0v) is 6.65. The molecule has 0 rings (SSSR count). The molecule has 0 aromatic heterocycles. The lowest BCUT2D eigenvalue weighted by atomic mass is 10.3. The second kappa shape index (κ2) is 5.01. The van der Waals surface area contributed by atoms with Crippen LogP contribution in [0.4, 0.5) is 0 Å². The molecule has 0 atom stereocenters. The quantitative estimate of drug-likeness (QED) is 0.455. The van der Waals surface area contributed by atoms with E-state index in [0.717, 1.165) is 6.54 Å². The van der Waals surface area contributed by atoms with Crippen LogP contribution in [0.5, 0.6) is 0 Å². The minimum absolute atomic E-state index is 0.646. The minimum Gasteiger partial charge on any atom is -0.309 e. The van der Waals surface area contributed by atoms with E-state index in [-0.39, 0.29) is 0 Å². The van der Waals surface area contributed by atoms with Crippen LogP contribution < -0.4 is 0 Å². The van der Waals surface area contributed by atoms with Gasteiger partial charge in [-0.2, -0.15) is 0 Å². The number of hydrogen-bond donors (Lipinski definition) is 1. The Hall–Kier alpha value is -0.810. The summed E-state index contributed by atoms with van der Waals surface area (Å²) >= 11 is 0. The molecule has 0 spiro atoms. The van der Waals surface area contributed by atoms with Crippen molar-refractivity contribution >= 4 is 5.71 Å². The van der Waals surface area contributed by atoms with E-state index in [2.05, 4.69) is 5.92 Å². The fourth-order valence-corrected chi connectivity index (χ4v) is 0.744. The predicted molar refractivity (Wildman–Crippen MR) is 44.3 cm³/mol. The zero-order valence-electron chi connectivity index (χ0n) is 6.65. The molecule has 56 valence electrons. The van der Waals surface area contributed by atoms with Gasteiger partial charge in [-0.15, -0.1) is 6.42 Å². The zero-order chi connectivity index (χ0) is 7.98. The van der Waals surface area contributed by atoms with Crippen molar-refractivity contribution in [2.75, 3.05) is 19.6 Å². The summed E-state index contributed by atoms with van der Waals surface area (Å²) in [6.45, 7) is 6.09. The number of nitrogens with one attached hydrogen (secondary N) is 1. The van der Waals surface area contributed by atoms with Gasteiger partial charge < -0.3 is 5.41 Å². The number of rotatable bonds is 4. The van der Waals surface area contributed by atoms with E-state index < -0.39 is 0 Å². The van der Waals surface area contributed by atoms with Crippen LogP contribution in [0.15, 0.2) is 0 Å². The molecule has 10 heavy (non-hydrogen) atoms. The molecule has 0 fully saturated rings. The lowest BCUT2D eigenvalue weighted by Gasteiger charge is -2.15. The van der Waals surface area contributed by atoms with Gasteiger partial charge in [0.25, 0.3) is 0 Å². The molecule has 0 aliphatic rings. The fraction of sp³-hybridized carbons (Fsp3) is 0.625. The average Bonchev–Trinajstić information content (AvgIpc) is 1.86. The largest absolute Gasteiger partial charge is 0.309 e. The summed E-state index contributed by atoms with van der Waals surface area (Å²) in [5, 5.41) is 7.20. The average molecular weight is 138 g/mol. The molecule has 0 radical (unpaired) electrons. The first-order valence-corrected chi connectivity index (χ1v) is 3.40. The second-order valence-corrected chi connectivity index (χ2v) is 2.29. The molecule has 0 bridgehead atoms. The van der Waals surface area contributed by atoms with Gasteiger partial charge in [0, 0.05) is 12.3 Å². The minimum atomic E-state index is 0.646. The molecule has 2 nitrogen and oxygen atoms in total. The van der Waals surface area contributed by atoms with Crippen molar-refractivity contribution in [1.82, 2.24) is 4.90 Å². The van der Waals surface area contributed by atoms with Gasteiger partial charge in [0.05, 0.1) is 6.54 Å². The third-order valence-electron chi connectivity index (χ3n) is 1.22. The van der Waals surface area contributed by atoms with E-state index in [4.69, 9.17) is 11.8 Å². The molecule has 2 heteroatoms. The molecule has 0 aliphatic carbocycles. The van der Waals surface area contributed by atoms with Gasteiger partial charge in [-0.1, -0.05) is 12.8 Å². The van der Waals surface area contributed by atoms with Crippen LogP contribution in [0, 0.1) is 17.8 Å². The topological polar surface area (TPSA) is 27.1 Å². The van der Waals surface area contributed by atoms with Crippen LogP contribution in [0.25, 0.3) is 0 Å². The van der Waals surface area contributed by atoms with Gasteiger partial charge in [0.15, 0.2) is 0 Å². The first-order valence-electron chi connectivity index (χ1n) is 3.40. The van der Waals surface area contributed by atoms with Crippen LogP contribution in [0.1, 0.15) is 13.8 Å². The van der Waals surface area contributed by atoms with Gasteiger partial charge in [-0.25, -0.2) is 0 Å². The van der Waals surface area contributed by atoms with Crippen molar-refractivity contribution in [2.45, 2.75) is 13.8 Å². The molecular formula is C8H14N2. The molecule has 0 aromatic rings. The standard InChI is InChI=1S/C8H14N2/c1-4-6-10(5-2)7-8(3)9/h1,9H,5-7H2,2-3H3. The SMILES string of the molecule is C#CCN(CC)CC(C)=N.